The van der Waals surface area contributed by atoms with Crippen LogP contribution in [0, 0.1) is 0 Å². The van der Waals surface area contributed by atoms with Crippen LogP contribution in [0.4, 0.5) is 0 Å². The Morgan fingerprint density at radius 1 is 1.10 bits per heavy atom. The number of sulfonamides is 1. The zero-order chi connectivity index (χ0) is 14.9. The molecule has 0 aliphatic heterocycles. The van der Waals surface area contributed by atoms with Crippen LogP contribution in [0.15, 0.2) is 17.0 Å². The van der Waals surface area contributed by atoms with Gasteiger partial charge in [0.25, 0.3) is 0 Å². The van der Waals surface area contributed by atoms with Gasteiger partial charge in [-0.3, -0.25) is 0 Å². The molecule has 2 atom stereocenters. The Bertz CT molecular complexity index is 584. The van der Waals surface area contributed by atoms with Gasteiger partial charge in [-0.05, 0) is 25.0 Å². The Hall–Kier alpha value is -0.0400. The summed E-state index contributed by atoms with van der Waals surface area (Å²) >= 11 is 17.7. The van der Waals surface area contributed by atoms with E-state index in [4.69, 9.17) is 40.5 Å². The van der Waals surface area contributed by atoms with E-state index >= 15 is 0 Å². The predicted octanol–water partition coefficient (Wildman–Crippen LogP) is 3.20. The van der Waals surface area contributed by atoms with Gasteiger partial charge in [0.2, 0.25) is 10.0 Å². The molecule has 1 aliphatic carbocycles. The lowest BCUT2D eigenvalue weighted by molar-refractivity contribution is 0.361. The summed E-state index contributed by atoms with van der Waals surface area (Å²) in [5.41, 5.74) is 5.95. The van der Waals surface area contributed by atoms with Crippen molar-refractivity contribution in [3.05, 3.63) is 27.2 Å². The maximum absolute atomic E-state index is 12.4. The van der Waals surface area contributed by atoms with Crippen LogP contribution in [0.1, 0.15) is 25.7 Å². The van der Waals surface area contributed by atoms with Crippen molar-refractivity contribution in [3.8, 4) is 0 Å². The van der Waals surface area contributed by atoms with Crippen LogP contribution in [-0.2, 0) is 10.0 Å². The summed E-state index contributed by atoms with van der Waals surface area (Å²) in [4.78, 5) is -0.150. The number of hydrogen-bond acceptors (Lipinski definition) is 3. The minimum atomic E-state index is -3.82. The molecular weight excluding hydrogens is 343 g/mol. The van der Waals surface area contributed by atoms with Gasteiger partial charge in [-0.1, -0.05) is 47.6 Å². The molecule has 112 valence electrons. The van der Waals surface area contributed by atoms with Crippen molar-refractivity contribution < 1.29 is 8.42 Å². The number of benzene rings is 1. The van der Waals surface area contributed by atoms with Gasteiger partial charge in [-0.25, -0.2) is 13.1 Å². The molecule has 0 aromatic heterocycles. The summed E-state index contributed by atoms with van der Waals surface area (Å²) in [7, 11) is -3.82. The molecule has 0 spiro atoms. The molecule has 1 saturated carbocycles. The Balaban J connectivity index is 2.31. The second-order valence-electron chi connectivity index (χ2n) is 4.87. The number of rotatable bonds is 3. The summed E-state index contributed by atoms with van der Waals surface area (Å²) in [6.45, 7) is 0. The van der Waals surface area contributed by atoms with E-state index in [1.165, 1.54) is 12.1 Å². The van der Waals surface area contributed by atoms with Crippen LogP contribution >= 0.6 is 34.8 Å². The van der Waals surface area contributed by atoms with Gasteiger partial charge in [0.15, 0.2) is 0 Å². The molecule has 20 heavy (non-hydrogen) atoms. The van der Waals surface area contributed by atoms with E-state index in [9.17, 15) is 8.42 Å². The Kier molecular flexibility index (Phi) is 5.21. The first-order chi connectivity index (χ1) is 9.31. The lowest BCUT2D eigenvalue weighted by atomic mass is 9.92. The molecule has 2 unspecified atom stereocenters. The van der Waals surface area contributed by atoms with Gasteiger partial charge < -0.3 is 5.73 Å². The topological polar surface area (TPSA) is 72.2 Å². The minimum absolute atomic E-state index is 0.000573. The molecule has 3 N–H and O–H groups in total. The Labute approximate surface area is 133 Å². The highest BCUT2D eigenvalue weighted by Crippen LogP contribution is 2.33. The van der Waals surface area contributed by atoms with E-state index in [1.807, 2.05) is 0 Å². The van der Waals surface area contributed by atoms with E-state index < -0.39 is 10.0 Å². The smallest absolute Gasteiger partial charge is 0.243 e. The second-order valence-corrected chi connectivity index (χ2v) is 7.78. The molecular formula is C12H15Cl3N2O2S. The Morgan fingerprint density at radius 3 is 2.20 bits per heavy atom. The van der Waals surface area contributed by atoms with Gasteiger partial charge in [-0.15, -0.1) is 0 Å². The van der Waals surface area contributed by atoms with Crippen molar-refractivity contribution in [3.63, 3.8) is 0 Å². The number of nitrogens with one attached hydrogen (secondary N) is 1. The quantitative estimate of drug-likeness (QED) is 0.872. The number of hydrogen-bond donors (Lipinski definition) is 2. The fourth-order valence-electron chi connectivity index (χ4n) is 2.35. The van der Waals surface area contributed by atoms with Crippen molar-refractivity contribution in [1.82, 2.24) is 4.72 Å². The van der Waals surface area contributed by atoms with Crippen molar-refractivity contribution in [2.75, 3.05) is 0 Å². The fraction of sp³-hybridized carbons (Fsp3) is 0.500. The molecule has 8 heteroatoms. The minimum Gasteiger partial charge on any atom is -0.326 e. The SMILES string of the molecule is NC1CCCCC1NS(=O)(=O)c1c(Cl)cc(Cl)cc1Cl. The Morgan fingerprint density at radius 2 is 1.65 bits per heavy atom. The van der Waals surface area contributed by atoms with Crippen molar-refractivity contribution >= 4 is 44.8 Å². The van der Waals surface area contributed by atoms with Crippen LogP contribution in [0.2, 0.25) is 15.1 Å². The zero-order valence-electron chi connectivity index (χ0n) is 10.6. The van der Waals surface area contributed by atoms with Crippen molar-refractivity contribution in [1.29, 1.82) is 0 Å². The molecule has 4 nitrogen and oxygen atoms in total. The summed E-state index contributed by atoms with van der Waals surface area (Å²) < 4.78 is 27.4. The fourth-order valence-corrected chi connectivity index (χ4v) is 5.22. The first kappa shape index (κ1) is 16.3. The van der Waals surface area contributed by atoms with Gasteiger partial charge in [0, 0.05) is 17.1 Å². The molecule has 1 fully saturated rings. The van der Waals surface area contributed by atoms with Gasteiger partial charge in [0.1, 0.15) is 4.90 Å². The standard InChI is InChI=1S/C12H15Cl3N2O2S/c13-7-5-8(14)12(9(15)6-7)20(18,19)17-11-4-2-1-3-10(11)16/h5-6,10-11,17H,1-4,16H2. The molecule has 2 rings (SSSR count). The predicted molar refractivity (Wildman–Crippen MR) is 82.0 cm³/mol. The molecule has 1 aliphatic rings. The maximum Gasteiger partial charge on any atom is 0.243 e. The zero-order valence-corrected chi connectivity index (χ0v) is 13.7. The molecule has 0 saturated heterocycles. The average molecular weight is 358 g/mol. The number of nitrogens with two attached hydrogens (primary N) is 1. The van der Waals surface area contributed by atoms with Gasteiger partial charge in [0.05, 0.1) is 10.0 Å². The lowest BCUT2D eigenvalue weighted by Crippen LogP contribution is -2.49. The van der Waals surface area contributed by atoms with E-state index in [1.54, 1.807) is 0 Å². The highest BCUT2D eigenvalue weighted by atomic mass is 35.5. The molecule has 0 heterocycles. The third-order valence-electron chi connectivity index (χ3n) is 3.36. The van der Waals surface area contributed by atoms with Crippen LogP contribution < -0.4 is 10.5 Å². The summed E-state index contributed by atoms with van der Waals surface area (Å²) in [6, 6.07) is 2.22. The average Bonchev–Trinajstić information content (AvgIpc) is 2.30. The highest BCUT2D eigenvalue weighted by molar-refractivity contribution is 7.89. The van der Waals surface area contributed by atoms with Crippen LogP contribution in [0.25, 0.3) is 0 Å². The molecule has 0 bridgehead atoms. The number of halogens is 3. The third kappa shape index (κ3) is 3.59. The summed E-state index contributed by atoms with van der Waals surface area (Å²) in [5, 5.41) is 0.284. The normalized spacial score (nSPS) is 23.8. The van der Waals surface area contributed by atoms with Crippen molar-refractivity contribution in [2.45, 2.75) is 42.7 Å². The molecule has 0 radical (unpaired) electrons. The van der Waals surface area contributed by atoms with E-state index in [0.29, 0.717) is 6.42 Å². The first-order valence-corrected chi connectivity index (χ1v) is 8.85. The van der Waals surface area contributed by atoms with Gasteiger partial charge in [-0.2, -0.15) is 0 Å². The van der Waals surface area contributed by atoms with Crippen LogP contribution in [0.5, 0.6) is 0 Å². The largest absolute Gasteiger partial charge is 0.326 e. The first-order valence-electron chi connectivity index (χ1n) is 6.24. The second kappa shape index (κ2) is 6.38. The van der Waals surface area contributed by atoms with Gasteiger partial charge >= 0.3 is 0 Å². The van der Waals surface area contributed by atoms with Crippen molar-refractivity contribution in [2.24, 2.45) is 5.73 Å². The molecule has 1 aromatic rings. The van der Waals surface area contributed by atoms with Crippen LogP contribution in [-0.4, -0.2) is 20.5 Å². The lowest BCUT2D eigenvalue weighted by Gasteiger charge is -2.29. The maximum atomic E-state index is 12.4. The molecule has 0 amide bonds. The van der Waals surface area contributed by atoms with E-state index in [-0.39, 0.29) is 32.0 Å². The monoisotopic (exact) mass is 356 g/mol. The van der Waals surface area contributed by atoms with E-state index in [2.05, 4.69) is 4.72 Å². The van der Waals surface area contributed by atoms with Crippen LogP contribution in [0.3, 0.4) is 0 Å². The van der Waals surface area contributed by atoms with E-state index in [0.717, 1.165) is 19.3 Å². The molecule has 1 aromatic carbocycles. The summed E-state index contributed by atoms with van der Waals surface area (Å²) in [6.07, 6.45) is 3.48. The third-order valence-corrected chi connectivity index (χ3v) is 5.99. The summed E-state index contributed by atoms with van der Waals surface area (Å²) in [5.74, 6) is 0. The highest BCUT2D eigenvalue weighted by Gasteiger charge is 2.30.